The van der Waals surface area contributed by atoms with Crippen molar-refractivity contribution in [3.05, 3.63) is 89.5 Å². The van der Waals surface area contributed by atoms with Gasteiger partial charge in [0.1, 0.15) is 0 Å². The van der Waals surface area contributed by atoms with E-state index in [1.165, 1.54) is 25.0 Å². The number of nitrogens with zero attached hydrogens (tertiary/aromatic N) is 1. The van der Waals surface area contributed by atoms with Gasteiger partial charge in [0.15, 0.2) is 5.78 Å². The minimum absolute atomic E-state index is 0.120. The Morgan fingerprint density at radius 3 is 1.88 bits per heavy atom. The first-order chi connectivity index (χ1) is 15.7. The van der Waals surface area contributed by atoms with E-state index in [0.29, 0.717) is 24.3 Å². The number of nitrogens with one attached hydrogen (secondary N) is 1. The fourth-order valence-electron chi connectivity index (χ4n) is 3.85. The van der Waals surface area contributed by atoms with Crippen LogP contribution in [0.25, 0.3) is 11.1 Å². The maximum absolute atomic E-state index is 12.6. The summed E-state index contributed by atoms with van der Waals surface area (Å²) >= 11 is 0. The summed E-state index contributed by atoms with van der Waals surface area (Å²) in [6.45, 7) is 4.17. The standard InChI is InChI=1S/C27H26N2O4/c1-27(2,25(31)32)15-24(30)20-9-7-18(8-10-20)19-11-13-23(14-12-19)28-26(33)29-16-21-5-3-4-6-22(21)17-29/h3-14H,15-17H2,1-2H3,(H,28,33)(H,31,32)/p-1. The predicted molar refractivity (Wildman–Crippen MR) is 124 cm³/mol. The van der Waals surface area contributed by atoms with E-state index in [9.17, 15) is 19.5 Å². The zero-order chi connectivity index (χ0) is 23.6. The number of anilines is 1. The number of aliphatic carboxylic acids is 1. The molecular formula is C27H25N2O4-. The van der Waals surface area contributed by atoms with Crippen molar-refractivity contribution in [3.8, 4) is 11.1 Å². The van der Waals surface area contributed by atoms with Crippen molar-refractivity contribution in [2.75, 3.05) is 5.32 Å². The van der Waals surface area contributed by atoms with Gasteiger partial charge in [-0.05, 0) is 34.4 Å². The van der Waals surface area contributed by atoms with Crippen molar-refractivity contribution in [1.82, 2.24) is 4.90 Å². The molecule has 0 unspecified atom stereocenters. The number of rotatable bonds is 6. The quantitative estimate of drug-likeness (QED) is 0.579. The molecular weight excluding hydrogens is 416 g/mol. The predicted octanol–water partition coefficient (Wildman–Crippen LogP) is 4.25. The van der Waals surface area contributed by atoms with Crippen LogP contribution in [-0.4, -0.2) is 22.7 Å². The van der Waals surface area contributed by atoms with Crippen molar-refractivity contribution in [3.63, 3.8) is 0 Å². The van der Waals surface area contributed by atoms with Gasteiger partial charge in [-0.3, -0.25) is 4.79 Å². The van der Waals surface area contributed by atoms with Crippen LogP contribution in [0.5, 0.6) is 0 Å². The van der Waals surface area contributed by atoms with Gasteiger partial charge in [-0.15, -0.1) is 0 Å². The molecule has 0 radical (unpaired) electrons. The van der Waals surface area contributed by atoms with Gasteiger partial charge in [-0.25, -0.2) is 4.79 Å². The average molecular weight is 442 g/mol. The van der Waals surface area contributed by atoms with Crippen LogP contribution in [-0.2, 0) is 17.9 Å². The summed E-state index contributed by atoms with van der Waals surface area (Å²) in [6.07, 6.45) is -0.120. The molecule has 168 valence electrons. The molecule has 0 spiro atoms. The summed E-state index contributed by atoms with van der Waals surface area (Å²) in [5.74, 6) is -1.48. The number of carboxylic acids is 1. The second-order valence-corrected chi connectivity index (χ2v) is 8.98. The third-order valence-electron chi connectivity index (χ3n) is 5.96. The number of Topliss-reactive ketones (excluding diaryl/α,β-unsaturated/α-hetero) is 1. The number of ketones is 1. The van der Waals surface area contributed by atoms with Crippen LogP contribution in [0.4, 0.5) is 10.5 Å². The summed E-state index contributed by atoms with van der Waals surface area (Å²) in [5, 5.41) is 14.1. The van der Waals surface area contributed by atoms with Crippen LogP contribution in [0.15, 0.2) is 72.8 Å². The number of fused-ring (bicyclic) bond motifs is 1. The molecule has 1 aliphatic heterocycles. The van der Waals surface area contributed by atoms with Crippen LogP contribution in [0.3, 0.4) is 0 Å². The number of urea groups is 1. The molecule has 3 aromatic carbocycles. The average Bonchev–Trinajstić information content (AvgIpc) is 3.24. The molecule has 0 fully saturated rings. The molecule has 4 rings (SSSR count). The normalized spacial score (nSPS) is 12.8. The fraction of sp³-hybridized carbons (Fsp3) is 0.222. The van der Waals surface area contributed by atoms with E-state index < -0.39 is 11.4 Å². The Morgan fingerprint density at radius 2 is 1.36 bits per heavy atom. The number of amides is 2. The van der Waals surface area contributed by atoms with E-state index in [4.69, 9.17) is 0 Å². The van der Waals surface area contributed by atoms with Gasteiger partial charge in [0.05, 0.1) is 0 Å². The molecule has 1 heterocycles. The lowest BCUT2D eigenvalue weighted by molar-refractivity contribution is -0.317. The Morgan fingerprint density at radius 1 is 0.848 bits per heavy atom. The molecule has 6 heteroatoms. The second-order valence-electron chi connectivity index (χ2n) is 8.98. The smallest absolute Gasteiger partial charge is 0.322 e. The van der Waals surface area contributed by atoms with E-state index in [-0.39, 0.29) is 18.2 Å². The van der Waals surface area contributed by atoms with Gasteiger partial charge >= 0.3 is 6.03 Å². The summed E-state index contributed by atoms with van der Waals surface area (Å²) in [5.41, 5.74) is 4.16. The molecule has 1 N–H and O–H groups in total. The second kappa shape index (κ2) is 8.90. The third-order valence-corrected chi connectivity index (χ3v) is 5.96. The number of carbonyl (C=O) groups is 3. The van der Waals surface area contributed by atoms with Crippen LogP contribution in [0.1, 0.15) is 41.8 Å². The molecule has 6 nitrogen and oxygen atoms in total. The highest BCUT2D eigenvalue weighted by Gasteiger charge is 2.24. The lowest BCUT2D eigenvalue weighted by atomic mass is 9.85. The highest BCUT2D eigenvalue weighted by molar-refractivity contribution is 5.99. The molecule has 1 aliphatic rings. The number of carboxylic acid groups (broad SMARTS) is 1. The van der Waals surface area contributed by atoms with Gasteiger partial charge in [0.25, 0.3) is 0 Å². The molecule has 0 saturated carbocycles. The lowest BCUT2D eigenvalue weighted by Gasteiger charge is -2.24. The number of carbonyl (C=O) groups excluding carboxylic acids is 3. The maximum atomic E-state index is 12.6. The molecule has 0 saturated heterocycles. The monoisotopic (exact) mass is 441 g/mol. The summed E-state index contributed by atoms with van der Waals surface area (Å²) in [4.78, 5) is 38.0. The zero-order valence-corrected chi connectivity index (χ0v) is 18.6. The SMILES string of the molecule is CC(C)(CC(=O)c1ccc(-c2ccc(NC(=O)N3Cc4ccccc4C3)cc2)cc1)C(=O)[O-]. The van der Waals surface area contributed by atoms with Crippen LogP contribution >= 0.6 is 0 Å². The first kappa shape index (κ1) is 22.3. The maximum Gasteiger partial charge on any atom is 0.322 e. The Bertz CT molecular complexity index is 1170. The summed E-state index contributed by atoms with van der Waals surface area (Å²) in [6, 6.07) is 22.5. The van der Waals surface area contributed by atoms with Crippen LogP contribution in [0, 0.1) is 5.41 Å². The topological polar surface area (TPSA) is 89.5 Å². The zero-order valence-electron chi connectivity index (χ0n) is 18.6. The van der Waals surface area contributed by atoms with E-state index >= 15 is 0 Å². The van der Waals surface area contributed by atoms with Gasteiger partial charge in [0.2, 0.25) is 0 Å². The van der Waals surface area contributed by atoms with Gasteiger partial charge < -0.3 is 20.1 Å². The van der Waals surface area contributed by atoms with E-state index in [2.05, 4.69) is 5.32 Å². The highest BCUT2D eigenvalue weighted by Crippen LogP contribution is 2.26. The molecule has 0 bridgehead atoms. The van der Waals surface area contributed by atoms with Gasteiger partial charge in [-0.1, -0.05) is 74.5 Å². The van der Waals surface area contributed by atoms with E-state index in [1.54, 1.807) is 17.0 Å². The van der Waals surface area contributed by atoms with Gasteiger partial charge in [0, 0.05) is 42.1 Å². The van der Waals surface area contributed by atoms with Crippen molar-refractivity contribution in [2.24, 2.45) is 5.41 Å². The Balaban J connectivity index is 1.38. The summed E-state index contributed by atoms with van der Waals surface area (Å²) in [7, 11) is 0. The Labute approximate surface area is 192 Å². The highest BCUT2D eigenvalue weighted by atomic mass is 16.4. The van der Waals surface area contributed by atoms with Crippen molar-refractivity contribution < 1.29 is 19.5 Å². The van der Waals surface area contributed by atoms with Crippen LogP contribution in [0.2, 0.25) is 0 Å². The molecule has 2 amide bonds. The minimum Gasteiger partial charge on any atom is -0.550 e. The van der Waals surface area contributed by atoms with E-state index in [0.717, 1.165) is 11.1 Å². The third kappa shape index (κ3) is 4.95. The Kier molecular flexibility index (Phi) is 6.01. The largest absolute Gasteiger partial charge is 0.550 e. The number of hydrogen-bond donors (Lipinski definition) is 1. The fourth-order valence-corrected chi connectivity index (χ4v) is 3.85. The first-order valence-corrected chi connectivity index (χ1v) is 10.8. The number of hydrogen-bond acceptors (Lipinski definition) is 4. The van der Waals surface area contributed by atoms with Crippen molar-refractivity contribution in [2.45, 2.75) is 33.4 Å². The summed E-state index contributed by atoms with van der Waals surface area (Å²) < 4.78 is 0. The molecule has 33 heavy (non-hydrogen) atoms. The van der Waals surface area contributed by atoms with Crippen molar-refractivity contribution >= 4 is 23.5 Å². The first-order valence-electron chi connectivity index (χ1n) is 10.8. The lowest BCUT2D eigenvalue weighted by Crippen LogP contribution is -2.39. The van der Waals surface area contributed by atoms with Crippen molar-refractivity contribution in [1.29, 1.82) is 0 Å². The Hall–Kier alpha value is -3.93. The van der Waals surface area contributed by atoms with E-state index in [1.807, 2.05) is 60.7 Å². The molecule has 0 aromatic heterocycles. The molecule has 0 aliphatic carbocycles. The minimum atomic E-state index is -1.24. The van der Waals surface area contributed by atoms with Gasteiger partial charge in [-0.2, -0.15) is 0 Å². The molecule has 0 atom stereocenters. The van der Waals surface area contributed by atoms with Crippen LogP contribution < -0.4 is 10.4 Å². The molecule has 3 aromatic rings. The number of benzene rings is 3.